The van der Waals surface area contributed by atoms with Crippen LogP contribution in [0.3, 0.4) is 0 Å². The Bertz CT molecular complexity index is 685. The Balaban J connectivity index is 0. The van der Waals surface area contributed by atoms with E-state index in [1.165, 1.54) is 0 Å². The van der Waals surface area contributed by atoms with Crippen LogP contribution in [0.25, 0.3) is 0 Å². The van der Waals surface area contributed by atoms with E-state index in [1.54, 1.807) is 30.9 Å². The maximum Gasteiger partial charge on any atom is 0.408 e. The van der Waals surface area contributed by atoms with Crippen LogP contribution in [-0.4, -0.2) is 61.8 Å². The van der Waals surface area contributed by atoms with E-state index in [2.05, 4.69) is 21.3 Å². The Hall–Kier alpha value is -2.43. The van der Waals surface area contributed by atoms with Gasteiger partial charge in [0.15, 0.2) is 12.5 Å². The van der Waals surface area contributed by atoms with E-state index >= 15 is 0 Å². The Labute approximate surface area is 221 Å². The number of urea groups is 1. The Kier molecular flexibility index (Phi) is 20.7. The summed E-state index contributed by atoms with van der Waals surface area (Å²) in [5, 5.41) is 10.9. The highest BCUT2D eigenvalue weighted by Gasteiger charge is 2.26. The summed E-state index contributed by atoms with van der Waals surface area (Å²) in [6.45, 7) is 9.02. The number of nitrogens with zero attached hydrogens (tertiary/aromatic N) is 1. The van der Waals surface area contributed by atoms with Crippen LogP contribution >= 0.6 is 24.8 Å². The second-order valence-electron chi connectivity index (χ2n) is 7.55. The lowest BCUT2D eigenvalue weighted by atomic mass is 10.3. The van der Waals surface area contributed by atoms with Crippen LogP contribution < -0.4 is 21.3 Å². The molecule has 0 saturated heterocycles. The molecule has 12 heteroatoms. The highest BCUT2D eigenvalue weighted by molar-refractivity contribution is 5.89. The van der Waals surface area contributed by atoms with Gasteiger partial charge in [0, 0.05) is 31.9 Å². The van der Waals surface area contributed by atoms with Crippen LogP contribution in [0.2, 0.25) is 0 Å². The molecule has 0 aliphatic rings. The van der Waals surface area contributed by atoms with Crippen molar-refractivity contribution in [1.29, 1.82) is 0 Å². The number of carbonyl (C=O) groups excluding carboxylic acids is 3. The fraction of sp³-hybridized carbons (Fsp3) is 0.609. The molecule has 35 heavy (non-hydrogen) atoms. The number of unbranched alkanes of at least 4 members (excludes halogenated alkanes) is 2. The fourth-order valence-corrected chi connectivity index (χ4v) is 2.92. The van der Waals surface area contributed by atoms with Crippen LogP contribution in [0, 0.1) is 0 Å². The molecule has 2 atom stereocenters. The first-order valence-corrected chi connectivity index (χ1v) is 11.6. The molecule has 10 nitrogen and oxygen atoms in total. The number of alkyl carbamates (subject to hydrolysis) is 2. The molecule has 0 radical (unpaired) electrons. The largest absolute Gasteiger partial charge is 0.430 e. The number of ether oxygens (including phenoxy) is 2. The monoisotopic (exact) mass is 537 g/mol. The number of hydrogen-bond acceptors (Lipinski definition) is 6. The van der Waals surface area contributed by atoms with Gasteiger partial charge in [-0.3, -0.25) is 0 Å². The van der Waals surface area contributed by atoms with Crippen molar-refractivity contribution in [2.75, 3.05) is 31.5 Å². The summed E-state index contributed by atoms with van der Waals surface area (Å²) in [6.07, 6.45) is 1.14. The van der Waals surface area contributed by atoms with Crippen molar-refractivity contribution in [3.63, 3.8) is 0 Å². The third-order valence-corrected chi connectivity index (χ3v) is 4.78. The molecule has 0 aliphatic heterocycles. The molecule has 1 rings (SSSR count). The van der Waals surface area contributed by atoms with Crippen LogP contribution in [0.1, 0.15) is 53.4 Å². The van der Waals surface area contributed by atoms with Gasteiger partial charge in [-0.05, 0) is 38.8 Å². The van der Waals surface area contributed by atoms with E-state index in [1.807, 2.05) is 32.0 Å². The molecule has 0 saturated carbocycles. The Morgan fingerprint density at radius 1 is 0.800 bits per heavy atom. The van der Waals surface area contributed by atoms with Crippen molar-refractivity contribution < 1.29 is 23.9 Å². The summed E-state index contributed by atoms with van der Waals surface area (Å²) < 4.78 is 10.9. The number of hydrogen-bond donors (Lipinski definition) is 4. The van der Waals surface area contributed by atoms with Gasteiger partial charge in [-0.15, -0.1) is 24.8 Å². The van der Waals surface area contributed by atoms with Gasteiger partial charge in [0.25, 0.3) is 0 Å². The van der Waals surface area contributed by atoms with E-state index in [4.69, 9.17) is 9.47 Å². The molecule has 1 aromatic carbocycles. The summed E-state index contributed by atoms with van der Waals surface area (Å²) in [7, 11) is 0. The maximum absolute atomic E-state index is 12.2. The predicted molar refractivity (Wildman–Crippen MR) is 142 cm³/mol. The lowest BCUT2D eigenvalue weighted by molar-refractivity contribution is -0.0904. The summed E-state index contributed by atoms with van der Waals surface area (Å²) in [4.78, 5) is 38.0. The number of amides is 4. The summed E-state index contributed by atoms with van der Waals surface area (Å²) in [5.74, 6) is 0. The van der Waals surface area contributed by atoms with Gasteiger partial charge in [0.1, 0.15) is 0 Å². The highest BCUT2D eigenvalue weighted by atomic mass is 35.5. The first kappa shape index (κ1) is 34.7. The standard InChI is InChI=1S/C23H39N5O5.2ClH/c1-5-7-14-25-22(30)32-18(3)28(19(4)33-23(31)26-15-8-6-2)17-16-24-21(29)27-20-12-10-9-11-13-20;;/h9-13,18-19H,5-8,14-17H2,1-4H3,(H,25,30)(H,26,31)(H2,24,27,29);2*1H. The normalized spacial score (nSPS) is 11.7. The second kappa shape index (κ2) is 20.9. The molecule has 0 heterocycles. The zero-order valence-corrected chi connectivity index (χ0v) is 22.6. The number of anilines is 1. The topological polar surface area (TPSA) is 121 Å². The number of halogens is 2. The number of nitrogens with one attached hydrogen (secondary N) is 4. The van der Waals surface area contributed by atoms with E-state index in [0.717, 1.165) is 25.7 Å². The minimum Gasteiger partial charge on any atom is -0.430 e. The average molecular weight is 539 g/mol. The lowest BCUT2D eigenvalue weighted by Gasteiger charge is -2.33. The van der Waals surface area contributed by atoms with Gasteiger partial charge < -0.3 is 30.7 Å². The third kappa shape index (κ3) is 16.0. The molecule has 0 aliphatic carbocycles. The smallest absolute Gasteiger partial charge is 0.408 e. The van der Waals surface area contributed by atoms with Crippen molar-refractivity contribution in [2.24, 2.45) is 0 Å². The molecule has 1 aromatic rings. The lowest BCUT2D eigenvalue weighted by Crippen LogP contribution is -2.50. The third-order valence-electron chi connectivity index (χ3n) is 4.78. The van der Waals surface area contributed by atoms with E-state index < -0.39 is 24.6 Å². The molecule has 0 fully saturated rings. The van der Waals surface area contributed by atoms with E-state index in [9.17, 15) is 14.4 Å². The number of para-hydroxylation sites is 1. The van der Waals surface area contributed by atoms with E-state index in [0.29, 0.717) is 18.8 Å². The highest BCUT2D eigenvalue weighted by Crippen LogP contribution is 2.09. The first-order valence-electron chi connectivity index (χ1n) is 11.6. The second-order valence-corrected chi connectivity index (χ2v) is 7.55. The minimum atomic E-state index is -0.691. The summed E-state index contributed by atoms with van der Waals surface area (Å²) in [6, 6.07) is 8.72. The van der Waals surface area contributed by atoms with Gasteiger partial charge in [-0.1, -0.05) is 44.9 Å². The molecular weight excluding hydrogens is 497 g/mol. The van der Waals surface area contributed by atoms with Crippen LogP contribution in [0.4, 0.5) is 20.1 Å². The summed E-state index contributed by atoms with van der Waals surface area (Å²) in [5.41, 5.74) is 0.674. The first-order chi connectivity index (χ1) is 15.9. The number of carbonyl (C=O) groups is 3. The van der Waals surface area contributed by atoms with Crippen molar-refractivity contribution >= 4 is 48.7 Å². The van der Waals surface area contributed by atoms with Crippen molar-refractivity contribution in [2.45, 2.75) is 65.8 Å². The quantitative estimate of drug-likeness (QED) is 0.201. The molecule has 0 aromatic heterocycles. The Morgan fingerprint density at radius 2 is 1.29 bits per heavy atom. The number of benzene rings is 1. The van der Waals surface area contributed by atoms with Gasteiger partial charge in [0.05, 0.1) is 0 Å². The van der Waals surface area contributed by atoms with E-state index in [-0.39, 0.29) is 43.9 Å². The minimum absolute atomic E-state index is 0. The summed E-state index contributed by atoms with van der Waals surface area (Å²) >= 11 is 0. The molecule has 2 unspecified atom stereocenters. The van der Waals surface area contributed by atoms with Gasteiger partial charge in [0.2, 0.25) is 0 Å². The number of rotatable bonds is 14. The Morgan fingerprint density at radius 3 is 1.74 bits per heavy atom. The average Bonchev–Trinajstić information content (AvgIpc) is 2.77. The SMILES string of the molecule is CCCCNC(=O)OC(C)N(CCNC(=O)Nc1ccccc1)C(C)OC(=O)NCCCC.Cl.Cl. The molecule has 4 amide bonds. The predicted octanol–water partition coefficient (Wildman–Crippen LogP) is 4.70. The van der Waals surface area contributed by atoms with Crippen LogP contribution in [0.5, 0.6) is 0 Å². The molecule has 0 bridgehead atoms. The van der Waals surface area contributed by atoms with Crippen LogP contribution in [0.15, 0.2) is 30.3 Å². The van der Waals surface area contributed by atoms with Gasteiger partial charge in [-0.25, -0.2) is 19.3 Å². The van der Waals surface area contributed by atoms with Gasteiger partial charge in [-0.2, -0.15) is 0 Å². The molecule has 0 spiro atoms. The van der Waals surface area contributed by atoms with Crippen molar-refractivity contribution in [3.8, 4) is 0 Å². The fourth-order valence-electron chi connectivity index (χ4n) is 2.92. The molecular formula is C23H41Cl2N5O5. The zero-order valence-electron chi connectivity index (χ0n) is 21.0. The maximum atomic E-state index is 12.2. The molecule has 4 N–H and O–H groups in total. The van der Waals surface area contributed by atoms with Crippen LogP contribution in [-0.2, 0) is 9.47 Å². The van der Waals surface area contributed by atoms with Crippen molar-refractivity contribution in [1.82, 2.24) is 20.9 Å². The van der Waals surface area contributed by atoms with Crippen molar-refractivity contribution in [3.05, 3.63) is 30.3 Å². The van der Waals surface area contributed by atoms with Gasteiger partial charge >= 0.3 is 18.2 Å². The zero-order chi connectivity index (χ0) is 24.5. The molecule has 202 valence electrons.